The Bertz CT molecular complexity index is 372. The maximum absolute atomic E-state index is 5.89. The number of rotatable bonds is 5. The molecule has 2 N–H and O–H groups in total. The van der Waals surface area contributed by atoms with Crippen LogP contribution in [0, 0.1) is 0 Å². The third-order valence-corrected chi connectivity index (χ3v) is 3.36. The van der Waals surface area contributed by atoms with Crippen molar-refractivity contribution in [3.63, 3.8) is 0 Å². The molecule has 1 aliphatic rings. The standard InChI is InChI=1S/C14H21NO2/c1-10(15)11-6-7-14(16-2)12(8-11)9-17-13-4-3-5-13/h6-8,10,13H,3-5,9,15H2,1-2H3. The van der Waals surface area contributed by atoms with Crippen LogP contribution in [-0.4, -0.2) is 13.2 Å². The van der Waals surface area contributed by atoms with E-state index in [0.29, 0.717) is 12.7 Å². The van der Waals surface area contributed by atoms with Crippen LogP contribution >= 0.6 is 0 Å². The third kappa shape index (κ3) is 2.99. The van der Waals surface area contributed by atoms with Crippen LogP contribution in [0.1, 0.15) is 43.4 Å². The lowest BCUT2D eigenvalue weighted by molar-refractivity contribution is -0.00936. The quantitative estimate of drug-likeness (QED) is 0.853. The Labute approximate surface area is 103 Å². The number of hydrogen-bond donors (Lipinski definition) is 1. The number of benzene rings is 1. The Balaban J connectivity index is 2.07. The van der Waals surface area contributed by atoms with Crippen molar-refractivity contribution in [2.75, 3.05) is 7.11 Å². The first kappa shape index (κ1) is 12.4. The Morgan fingerprint density at radius 2 is 2.18 bits per heavy atom. The van der Waals surface area contributed by atoms with Crippen LogP contribution in [0.15, 0.2) is 18.2 Å². The minimum Gasteiger partial charge on any atom is -0.496 e. The van der Waals surface area contributed by atoms with Crippen LogP contribution in [0.25, 0.3) is 0 Å². The molecular weight excluding hydrogens is 214 g/mol. The summed E-state index contributed by atoms with van der Waals surface area (Å²) in [4.78, 5) is 0. The van der Waals surface area contributed by atoms with Crippen molar-refractivity contribution in [1.29, 1.82) is 0 Å². The molecule has 0 bridgehead atoms. The summed E-state index contributed by atoms with van der Waals surface area (Å²) in [5.74, 6) is 0.883. The molecule has 0 amide bonds. The minimum absolute atomic E-state index is 0.0448. The zero-order chi connectivity index (χ0) is 12.3. The fourth-order valence-electron chi connectivity index (χ4n) is 1.94. The molecule has 0 heterocycles. The average Bonchev–Trinajstić information content (AvgIpc) is 2.26. The highest BCUT2D eigenvalue weighted by atomic mass is 16.5. The van der Waals surface area contributed by atoms with Crippen molar-refractivity contribution in [1.82, 2.24) is 0 Å². The van der Waals surface area contributed by atoms with Crippen molar-refractivity contribution in [2.45, 2.75) is 44.9 Å². The SMILES string of the molecule is COc1ccc(C(C)N)cc1COC1CCC1. The zero-order valence-electron chi connectivity index (χ0n) is 10.6. The van der Waals surface area contributed by atoms with E-state index in [1.165, 1.54) is 19.3 Å². The first-order valence-electron chi connectivity index (χ1n) is 6.24. The maximum Gasteiger partial charge on any atom is 0.124 e. The molecule has 2 rings (SSSR count). The van der Waals surface area contributed by atoms with Crippen molar-refractivity contribution in [3.8, 4) is 5.75 Å². The van der Waals surface area contributed by atoms with Crippen LogP contribution < -0.4 is 10.5 Å². The fraction of sp³-hybridized carbons (Fsp3) is 0.571. The number of methoxy groups -OCH3 is 1. The predicted octanol–water partition coefficient (Wildman–Crippen LogP) is 2.78. The molecule has 3 heteroatoms. The molecule has 0 spiro atoms. The summed E-state index contributed by atoms with van der Waals surface area (Å²) in [7, 11) is 1.69. The summed E-state index contributed by atoms with van der Waals surface area (Å²) in [6.07, 6.45) is 4.12. The fourth-order valence-corrected chi connectivity index (χ4v) is 1.94. The van der Waals surface area contributed by atoms with E-state index in [0.717, 1.165) is 16.9 Å². The number of hydrogen-bond acceptors (Lipinski definition) is 3. The van der Waals surface area contributed by atoms with Crippen LogP contribution in [0.5, 0.6) is 5.75 Å². The van der Waals surface area contributed by atoms with Gasteiger partial charge in [0.15, 0.2) is 0 Å². The third-order valence-electron chi connectivity index (χ3n) is 3.36. The molecular formula is C14H21NO2. The van der Waals surface area contributed by atoms with E-state index in [1.54, 1.807) is 7.11 Å². The van der Waals surface area contributed by atoms with Gasteiger partial charge >= 0.3 is 0 Å². The van der Waals surface area contributed by atoms with Crippen molar-refractivity contribution < 1.29 is 9.47 Å². The summed E-state index contributed by atoms with van der Waals surface area (Å²) in [6, 6.07) is 6.11. The van der Waals surface area contributed by atoms with E-state index in [-0.39, 0.29) is 6.04 Å². The second-order valence-corrected chi connectivity index (χ2v) is 4.72. The lowest BCUT2D eigenvalue weighted by atomic mass is 9.96. The first-order valence-corrected chi connectivity index (χ1v) is 6.24. The van der Waals surface area contributed by atoms with Crippen LogP contribution in [0.2, 0.25) is 0 Å². The Kier molecular flexibility index (Phi) is 4.02. The molecule has 0 aromatic heterocycles. The summed E-state index contributed by atoms with van der Waals surface area (Å²) >= 11 is 0. The molecule has 1 aliphatic carbocycles. The summed E-state index contributed by atoms with van der Waals surface area (Å²) in [5, 5.41) is 0. The van der Waals surface area contributed by atoms with Gasteiger partial charge in [0.25, 0.3) is 0 Å². The van der Waals surface area contributed by atoms with Gasteiger partial charge in [0.2, 0.25) is 0 Å². The molecule has 3 nitrogen and oxygen atoms in total. The monoisotopic (exact) mass is 235 g/mol. The molecule has 1 unspecified atom stereocenters. The highest BCUT2D eigenvalue weighted by Crippen LogP contribution is 2.27. The predicted molar refractivity (Wildman–Crippen MR) is 68.0 cm³/mol. The minimum atomic E-state index is 0.0448. The Morgan fingerprint density at radius 3 is 2.71 bits per heavy atom. The Hall–Kier alpha value is -1.06. The topological polar surface area (TPSA) is 44.5 Å². The molecule has 1 fully saturated rings. The first-order chi connectivity index (χ1) is 8.20. The molecule has 17 heavy (non-hydrogen) atoms. The van der Waals surface area contributed by atoms with Crippen molar-refractivity contribution in [3.05, 3.63) is 29.3 Å². The molecule has 0 saturated heterocycles. The van der Waals surface area contributed by atoms with Gasteiger partial charge in [-0.15, -0.1) is 0 Å². The average molecular weight is 235 g/mol. The molecule has 1 aromatic rings. The molecule has 0 aliphatic heterocycles. The van der Waals surface area contributed by atoms with E-state index in [9.17, 15) is 0 Å². The van der Waals surface area contributed by atoms with Gasteiger partial charge in [0.05, 0.1) is 19.8 Å². The molecule has 1 saturated carbocycles. The van der Waals surface area contributed by atoms with Crippen LogP contribution in [-0.2, 0) is 11.3 Å². The molecule has 1 atom stereocenters. The van der Waals surface area contributed by atoms with E-state index in [1.807, 2.05) is 19.1 Å². The van der Waals surface area contributed by atoms with Gasteiger partial charge in [0, 0.05) is 11.6 Å². The van der Waals surface area contributed by atoms with E-state index in [2.05, 4.69) is 6.07 Å². The summed E-state index contributed by atoms with van der Waals surface area (Å²) in [6.45, 7) is 2.60. The lowest BCUT2D eigenvalue weighted by Gasteiger charge is -2.26. The second kappa shape index (κ2) is 5.52. The lowest BCUT2D eigenvalue weighted by Crippen LogP contribution is -2.21. The van der Waals surface area contributed by atoms with Gasteiger partial charge in [0.1, 0.15) is 5.75 Å². The number of ether oxygens (including phenoxy) is 2. The Morgan fingerprint density at radius 1 is 1.41 bits per heavy atom. The maximum atomic E-state index is 5.89. The van der Waals surface area contributed by atoms with Crippen molar-refractivity contribution >= 4 is 0 Å². The van der Waals surface area contributed by atoms with E-state index in [4.69, 9.17) is 15.2 Å². The van der Waals surface area contributed by atoms with Crippen LogP contribution in [0.4, 0.5) is 0 Å². The largest absolute Gasteiger partial charge is 0.496 e. The zero-order valence-corrected chi connectivity index (χ0v) is 10.6. The van der Waals surface area contributed by atoms with Gasteiger partial charge in [-0.1, -0.05) is 6.07 Å². The van der Waals surface area contributed by atoms with Crippen molar-refractivity contribution in [2.24, 2.45) is 5.73 Å². The highest BCUT2D eigenvalue weighted by molar-refractivity contribution is 5.37. The van der Waals surface area contributed by atoms with Gasteiger partial charge in [-0.3, -0.25) is 0 Å². The second-order valence-electron chi connectivity index (χ2n) is 4.72. The van der Waals surface area contributed by atoms with Crippen LogP contribution in [0.3, 0.4) is 0 Å². The number of nitrogens with two attached hydrogens (primary N) is 1. The van der Waals surface area contributed by atoms with E-state index >= 15 is 0 Å². The summed E-state index contributed by atoms with van der Waals surface area (Å²) in [5.41, 5.74) is 8.10. The van der Waals surface area contributed by atoms with Gasteiger partial charge in [-0.25, -0.2) is 0 Å². The molecule has 1 aromatic carbocycles. The molecule has 0 radical (unpaired) electrons. The summed E-state index contributed by atoms with van der Waals surface area (Å²) < 4.78 is 11.2. The molecule has 94 valence electrons. The highest BCUT2D eigenvalue weighted by Gasteiger charge is 2.18. The van der Waals surface area contributed by atoms with Gasteiger partial charge in [-0.2, -0.15) is 0 Å². The van der Waals surface area contributed by atoms with E-state index < -0.39 is 0 Å². The smallest absolute Gasteiger partial charge is 0.124 e. The van der Waals surface area contributed by atoms with Gasteiger partial charge < -0.3 is 15.2 Å². The normalized spacial score (nSPS) is 17.6. The van der Waals surface area contributed by atoms with Gasteiger partial charge in [-0.05, 0) is 43.9 Å².